The van der Waals surface area contributed by atoms with Crippen LogP contribution in [0.2, 0.25) is 10.0 Å². The van der Waals surface area contributed by atoms with Gasteiger partial charge in [-0.2, -0.15) is 0 Å². The third-order valence-corrected chi connectivity index (χ3v) is 4.83. The average Bonchev–Trinajstić information content (AvgIpc) is 2.58. The molecule has 0 saturated heterocycles. The van der Waals surface area contributed by atoms with Crippen LogP contribution >= 0.6 is 23.2 Å². The molecule has 1 aliphatic rings. The van der Waals surface area contributed by atoms with Gasteiger partial charge in [0.15, 0.2) is 6.10 Å². The lowest BCUT2D eigenvalue weighted by Gasteiger charge is -2.20. The first-order valence-electron chi connectivity index (χ1n) is 8.60. The first-order valence-corrected chi connectivity index (χ1v) is 9.36. The van der Waals surface area contributed by atoms with Gasteiger partial charge in [0, 0.05) is 15.7 Å². The van der Waals surface area contributed by atoms with Crippen molar-refractivity contribution in [3.05, 3.63) is 57.6 Å². The predicted octanol–water partition coefficient (Wildman–Crippen LogP) is 5.67. The maximum atomic E-state index is 12.5. The third-order valence-electron chi connectivity index (χ3n) is 4.39. The molecule has 0 unspecified atom stereocenters. The van der Waals surface area contributed by atoms with Crippen LogP contribution < -0.4 is 10.1 Å². The van der Waals surface area contributed by atoms with Gasteiger partial charge < -0.3 is 10.1 Å². The fourth-order valence-corrected chi connectivity index (χ4v) is 3.64. The fourth-order valence-electron chi connectivity index (χ4n) is 3.12. The van der Waals surface area contributed by atoms with Crippen LogP contribution in [0.25, 0.3) is 0 Å². The number of aryl methyl sites for hydroxylation is 2. The normalized spacial score (nSPS) is 14.5. The highest BCUT2D eigenvalue weighted by Gasteiger charge is 2.20. The molecular weight excluding hydrogens is 357 g/mol. The topological polar surface area (TPSA) is 38.3 Å². The van der Waals surface area contributed by atoms with Crippen molar-refractivity contribution in [3.8, 4) is 5.75 Å². The van der Waals surface area contributed by atoms with Gasteiger partial charge in [-0.05, 0) is 73.6 Å². The maximum Gasteiger partial charge on any atom is 0.265 e. The molecule has 1 amide bonds. The van der Waals surface area contributed by atoms with Gasteiger partial charge in [-0.1, -0.05) is 36.2 Å². The summed E-state index contributed by atoms with van der Waals surface area (Å²) in [5.41, 5.74) is 3.29. The number of carbonyl (C=O) groups excluding carboxylic acids is 1. The molecule has 3 nitrogen and oxygen atoms in total. The molecule has 2 aromatic carbocycles. The third kappa shape index (κ3) is 4.68. The van der Waals surface area contributed by atoms with E-state index in [1.165, 1.54) is 24.0 Å². The zero-order valence-corrected chi connectivity index (χ0v) is 15.7. The first kappa shape index (κ1) is 18.1. The average molecular weight is 378 g/mol. The summed E-state index contributed by atoms with van der Waals surface area (Å²) in [5, 5.41) is 3.78. The van der Waals surface area contributed by atoms with Gasteiger partial charge in [0.25, 0.3) is 5.91 Å². The number of halogens is 2. The molecule has 132 valence electrons. The van der Waals surface area contributed by atoms with Crippen LogP contribution in [0.5, 0.6) is 5.75 Å². The number of carbonyl (C=O) groups is 1. The molecular formula is C20H21Cl2NO2. The summed E-state index contributed by atoms with van der Waals surface area (Å²) < 4.78 is 5.95. The van der Waals surface area contributed by atoms with Crippen LogP contribution in [-0.2, 0) is 17.6 Å². The van der Waals surface area contributed by atoms with Crippen LogP contribution in [-0.4, -0.2) is 12.0 Å². The number of hydrogen-bond donors (Lipinski definition) is 1. The van der Waals surface area contributed by atoms with Gasteiger partial charge in [0.05, 0.1) is 0 Å². The summed E-state index contributed by atoms with van der Waals surface area (Å²) in [6.45, 7) is 1.92. The molecule has 1 aliphatic carbocycles. The van der Waals surface area contributed by atoms with Crippen molar-refractivity contribution in [2.75, 3.05) is 5.32 Å². The summed E-state index contributed by atoms with van der Waals surface area (Å²) in [4.78, 5) is 12.5. The van der Waals surface area contributed by atoms with E-state index in [0.29, 0.717) is 22.2 Å². The van der Waals surface area contributed by atoms with E-state index in [1.807, 2.05) is 13.0 Å². The van der Waals surface area contributed by atoms with Crippen LogP contribution in [0.1, 0.15) is 37.3 Å². The summed E-state index contributed by atoms with van der Waals surface area (Å²) in [6, 6.07) is 11.1. The zero-order chi connectivity index (χ0) is 17.8. The van der Waals surface area contributed by atoms with E-state index in [9.17, 15) is 4.79 Å². The molecule has 5 heteroatoms. The van der Waals surface area contributed by atoms with Gasteiger partial charge >= 0.3 is 0 Å². The Bertz CT molecular complexity index is 756. The number of fused-ring (bicyclic) bond motifs is 1. The molecule has 0 aromatic heterocycles. The Morgan fingerprint density at radius 1 is 1.08 bits per heavy atom. The van der Waals surface area contributed by atoms with Crippen molar-refractivity contribution in [1.82, 2.24) is 0 Å². The lowest BCUT2D eigenvalue weighted by Crippen LogP contribution is -2.32. The van der Waals surface area contributed by atoms with Crippen LogP contribution in [0.15, 0.2) is 36.4 Å². The molecule has 0 saturated carbocycles. The number of ether oxygens (including phenoxy) is 1. The van der Waals surface area contributed by atoms with E-state index in [1.54, 1.807) is 18.2 Å². The van der Waals surface area contributed by atoms with Crippen molar-refractivity contribution < 1.29 is 9.53 Å². The summed E-state index contributed by atoms with van der Waals surface area (Å²) >= 11 is 12.0. The van der Waals surface area contributed by atoms with Crippen LogP contribution in [0.4, 0.5) is 5.69 Å². The van der Waals surface area contributed by atoms with Crippen LogP contribution in [0.3, 0.4) is 0 Å². The van der Waals surface area contributed by atoms with E-state index in [2.05, 4.69) is 17.4 Å². The van der Waals surface area contributed by atoms with Crippen molar-refractivity contribution in [2.24, 2.45) is 0 Å². The minimum absolute atomic E-state index is 0.210. The predicted molar refractivity (Wildman–Crippen MR) is 103 cm³/mol. The van der Waals surface area contributed by atoms with Crippen molar-refractivity contribution in [2.45, 2.75) is 45.1 Å². The van der Waals surface area contributed by atoms with Crippen LogP contribution in [0, 0.1) is 0 Å². The lowest BCUT2D eigenvalue weighted by molar-refractivity contribution is -0.122. The Labute approximate surface area is 158 Å². The highest BCUT2D eigenvalue weighted by atomic mass is 35.5. The molecule has 1 N–H and O–H groups in total. The molecule has 2 aromatic rings. The first-order chi connectivity index (χ1) is 12.0. The van der Waals surface area contributed by atoms with Crippen molar-refractivity contribution in [3.63, 3.8) is 0 Å². The quantitative estimate of drug-likeness (QED) is 0.728. The Kier molecular flexibility index (Phi) is 5.87. The van der Waals surface area contributed by atoms with E-state index in [4.69, 9.17) is 27.9 Å². The second-order valence-corrected chi connectivity index (χ2v) is 7.17. The second kappa shape index (κ2) is 8.11. The van der Waals surface area contributed by atoms with E-state index in [-0.39, 0.29) is 5.91 Å². The SMILES string of the molecule is CC[C@H](Oc1ccc2c(c1)CCCC2)C(=O)Nc1cc(Cl)cc(Cl)c1. The maximum absolute atomic E-state index is 12.5. The summed E-state index contributed by atoms with van der Waals surface area (Å²) in [7, 11) is 0. The molecule has 0 bridgehead atoms. The molecule has 1 atom stereocenters. The van der Waals surface area contributed by atoms with Gasteiger partial charge in [0.2, 0.25) is 0 Å². The highest BCUT2D eigenvalue weighted by Crippen LogP contribution is 2.27. The van der Waals surface area contributed by atoms with Gasteiger partial charge in [-0.3, -0.25) is 4.79 Å². The molecule has 0 spiro atoms. The minimum Gasteiger partial charge on any atom is -0.481 e. The van der Waals surface area contributed by atoms with Crippen molar-refractivity contribution in [1.29, 1.82) is 0 Å². The Morgan fingerprint density at radius 3 is 2.44 bits per heavy atom. The monoisotopic (exact) mass is 377 g/mol. The minimum atomic E-state index is -0.570. The number of nitrogens with one attached hydrogen (secondary N) is 1. The van der Waals surface area contributed by atoms with E-state index in [0.717, 1.165) is 18.6 Å². The highest BCUT2D eigenvalue weighted by molar-refractivity contribution is 6.35. The number of rotatable bonds is 5. The van der Waals surface area contributed by atoms with Gasteiger partial charge in [-0.25, -0.2) is 0 Å². The molecule has 3 rings (SSSR count). The van der Waals surface area contributed by atoms with Crippen molar-refractivity contribution >= 4 is 34.8 Å². The molecule has 25 heavy (non-hydrogen) atoms. The van der Waals surface area contributed by atoms with E-state index >= 15 is 0 Å². The molecule has 0 radical (unpaired) electrons. The largest absolute Gasteiger partial charge is 0.481 e. The number of amides is 1. The number of benzene rings is 2. The smallest absolute Gasteiger partial charge is 0.265 e. The zero-order valence-electron chi connectivity index (χ0n) is 14.1. The number of hydrogen-bond acceptors (Lipinski definition) is 2. The van der Waals surface area contributed by atoms with Gasteiger partial charge in [0.1, 0.15) is 5.75 Å². The number of anilines is 1. The van der Waals surface area contributed by atoms with E-state index < -0.39 is 6.10 Å². The fraction of sp³-hybridized carbons (Fsp3) is 0.350. The van der Waals surface area contributed by atoms with Gasteiger partial charge in [-0.15, -0.1) is 0 Å². The molecule has 0 heterocycles. The molecule has 0 fully saturated rings. The second-order valence-electron chi connectivity index (χ2n) is 6.30. The lowest BCUT2D eigenvalue weighted by atomic mass is 9.92. The Morgan fingerprint density at radius 2 is 1.76 bits per heavy atom. The standard InChI is InChI=1S/C20H21Cl2NO2/c1-2-19(20(24)23-17-11-15(21)10-16(22)12-17)25-18-8-7-13-5-3-4-6-14(13)9-18/h7-12,19H,2-6H2,1H3,(H,23,24)/t19-/m0/s1. The Hall–Kier alpha value is -1.71. The summed E-state index contributed by atoms with van der Waals surface area (Å²) in [5.74, 6) is 0.533. The summed E-state index contributed by atoms with van der Waals surface area (Å²) in [6.07, 6.45) is 4.66. The Balaban J connectivity index is 1.70. The molecule has 0 aliphatic heterocycles.